The van der Waals surface area contributed by atoms with Crippen molar-refractivity contribution < 1.29 is 27.1 Å². The number of hydrogen-bond acceptors (Lipinski definition) is 6. The Morgan fingerprint density at radius 3 is 2.53 bits per heavy atom. The van der Waals surface area contributed by atoms with Gasteiger partial charge in [-0.2, -0.15) is 13.2 Å². The molecule has 6 nitrogen and oxygen atoms in total. The van der Waals surface area contributed by atoms with Gasteiger partial charge in [0.2, 0.25) is 0 Å². The summed E-state index contributed by atoms with van der Waals surface area (Å²) in [6.45, 7) is 1.40. The smallest absolute Gasteiger partial charge is 0.434 e. The topological polar surface area (TPSA) is 69.4 Å². The SMILES string of the molecule is CCOC(=O)c1cc2c(nc1C(F)(F)F)nn1c(-c3ccc(F)cc3)cc(-c3cccs3)nc21. The highest BCUT2D eigenvalue weighted by molar-refractivity contribution is 7.13. The zero-order valence-electron chi connectivity index (χ0n) is 17.4. The van der Waals surface area contributed by atoms with E-state index in [9.17, 15) is 22.4 Å². The van der Waals surface area contributed by atoms with Gasteiger partial charge in [-0.15, -0.1) is 16.4 Å². The highest BCUT2D eigenvalue weighted by atomic mass is 32.1. The van der Waals surface area contributed by atoms with E-state index in [4.69, 9.17) is 4.74 Å². The van der Waals surface area contributed by atoms with Gasteiger partial charge in [-0.3, -0.25) is 0 Å². The number of benzene rings is 1. The summed E-state index contributed by atoms with van der Waals surface area (Å²) in [5.41, 5.74) is -0.557. The maximum Gasteiger partial charge on any atom is 0.434 e. The summed E-state index contributed by atoms with van der Waals surface area (Å²) < 4.78 is 60.8. The summed E-state index contributed by atoms with van der Waals surface area (Å²) in [6.07, 6.45) is -4.90. The van der Waals surface area contributed by atoms with Crippen molar-refractivity contribution in [2.75, 3.05) is 6.61 Å². The standard InChI is InChI=1S/C23H14F4N4O2S/c1-2-33-22(32)14-10-15-20(29-19(14)23(25,26)27)30-31-17(12-5-7-13(24)8-6-12)11-16(28-21(15)31)18-4-3-9-34-18/h3-11H,2H2,1H3. The van der Waals surface area contributed by atoms with Crippen LogP contribution in [0.3, 0.4) is 0 Å². The van der Waals surface area contributed by atoms with Gasteiger partial charge in [-0.1, -0.05) is 6.07 Å². The highest BCUT2D eigenvalue weighted by Gasteiger charge is 2.39. The first-order valence-corrected chi connectivity index (χ1v) is 10.9. The van der Waals surface area contributed by atoms with E-state index in [0.29, 0.717) is 17.0 Å². The molecule has 5 aromatic rings. The van der Waals surface area contributed by atoms with Crippen LogP contribution in [0, 0.1) is 5.82 Å². The minimum atomic E-state index is -4.90. The normalized spacial score (nSPS) is 11.9. The Balaban J connectivity index is 1.86. The Morgan fingerprint density at radius 1 is 1.12 bits per heavy atom. The Hall–Kier alpha value is -3.86. The van der Waals surface area contributed by atoms with Crippen LogP contribution in [-0.2, 0) is 10.9 Å². The first kappa shape index (κ1) is 22.0. The predicted octanol–water partition coefficient (Wildman–Crippen LogP) is 6.01. The van der Waals surface area contributed by atoms with Gasteiger partial charge in [0.05, 0.1) is 33.8 Å². The predicted molar refractivity (Wildman–Crippen MR) is 118 cm³/mol. The van der Waals surface area contributed by atoms with E-state index >= 15 is 0 Å². The Bertz CT molecular complexity index is 1530. The zero-order valence-corrected chi connectivity index (χ0v) is 18.2. The number of carbonyl (C=O) groups is 1. The quantitative estimate of drug-likeness (QED) is 0.230. The van der Waals surface area contributed by atoms with E-state index in [1.807, 2.05) is 17.5 Å². The lowest BCUT2D eigenvalue weighted by Crippen LogP contribution is -2.17. The molecule has 5 rings (SSSR count). The van der Waals surface area contributed by atoms with Crippen molar-refractivity contribution >= 4 is 34.0 Å². The van der Waals surface area contributed by atoms with Gasteiger partial charge >= 0.3 is 12.1 Å². The molecule has 0 N–H and O–H groups in total. The van der Waals surface area contributed by atoms with E-state index in [-0.39, 0.29) is 23.3 Å². The van der Waals surface area contributed by atoms with Gasteiger partial charge in [-0.05, 0) is 54.8 Å². The van der Waals surface area contributed by atoms with Gasteiger partial charge < -0.3 is 4.74 Å². The molecule has 0 atom stereocenters. The molecular formula is C23H14F4N4O2S. The van der Waals surface area contributed by atoms with E-state index < -0.39 is 29.2 Å². The lowest BCUT2D eigenvalue weighted by molar-refractivity contribution is -0.141. The molecule has 0 aliphatic rings. The van der Waals surface area contributed by atoms with Crippen molar-refractivity contribution in [1.29, 1.82) is 0 Å². The summed E-state index contributed by atoms with van der Waals surface area (Å²) in [5, 5.41) is 6.27. The van der Waals surface area contributed by atoms with Crippen LogP contribution in [0.4, 0.5) is 17.6 Å². The summed E-state index contributed by atoms with van der Waals surface area (Å²) in [6, 6.07) is 12.1. The largest absolute Gasteiger partial charge is 0.462 e. The van der Waals surface area contributed by atoms with Crippen molar-refractivity contribution in [2.45, 2.75) is 13.1 Å². The van der Waals surface area contributed by atoms with Crippen molar-refractivity contribution in [3.63, 3.8) is 0 Å². The molecule has 4 heterocycles. The van der Waals surface area contributed by atoms with E-state index in [1.165, 1.54) is 47.0 Å². The fourth-order valence-electron chi connectivity index (χ4n) is 3.57. The molecule has 0 unspecified atom stereocenters. The average Bonchev–Trinajstić information content (AvgIpc) is 3.46. The molecular weight excluding hydrogens is 472 g/mol. The number of pyridine rings is 1. The second-order valence-electron chi connectivity index (χ2n) is 7.22. The number of rotatable bonds is 4. The van der Waals surface area contributed by atoms with Crippen LogP contribution in [0.1, 0.15) is 23.0 Å². The van der Waals surface area contributed by atoms with Gasteiger partial charge in [0.15, 0.2) is 17.0 Å². The monoisotopic (exact) mass is 486 g/mol. The maximum atomic E-state index is 13.7. The second kappa shape index (κ2) is 8.17. The molecule has 0 aliphatic carbocycles. The number of hydrogen-bond donors (Lipinski definition) is 0. The molecule has 0 aliphatic heterocycles. The van der Waals surface area contributed by atoms with Crippen molar-refractivity contribution in [1.82, 2.24) is 19.6 Å². The van der Waals surface area contributed by atoms with E-state index in [1.54, 1.807) is 6.07 Å². The van der Waals surface area contributed by atoms with Crippen LogP contribution >= 0.6 is 11.3 Å². The molecule has 0 bridgehead atoms. The lowest BCUT2D eigenvalue weighted by atomic mass is 10.1. The third kappa shape index (κ3) is 3.77. The van der Waals surface area contributed by atoms with Gasteiger partial charge in [0.25, 0.3) is 0 Å². The van der Waals surface area contributed by atoms with Gasteiger partial charge in [0, 0.05) is 5.56 Å². The van der Waals surface area contributed by atoms with Crippen LogP contribution in [-0.4, -0.2) is 32.2 Å². The molecule has 4 aromatic heterocycles. The highest BCUT2D eigenvalue weighted by Crippen LogP contribution is 2.35. The van der Waals surface area contributed by atoms with Crippen LogP contribution in [0.25, 0.3) is 38.5 Å². The zero-order chi connectivity index (χ0) is 24.0. The van der Waals surface area contributed by atoms with Crippen LogP contribution < -0.4 is 0 Å². The molecule has 34 heavy (non-hydrogen) atoms. The van der Waals surface area contributed by atoms with Crippen molar-refractivity contribution in [2.24, 2.45) is 0 Å². The number of alkyl halides is 3. The van der Waals surface area contributed by atoms with Gasteiger partial charge in [-0.25, -0.2) is 23.7 Å². The molecule has 0 saturated carbocycles. The first-order valence-electron chi connectivity index (χ1n) is 10.0. The molecule has 0 amide bonds. The van der Waals surface area contributed by atoms with Gasteiger partial charge in [0.1, 0.15) is 5.82 Å². The summed E-state index contributed by atoms with van der Waals surface area (Å²) >= 11 is 1.43. The third-order valence-corrected chi connectivity index (χ3v) is 5.94. The minimum Gasteiger partial charge on any atom is -0.462 e. The number of nitrogens with zero attached hydrogens (tertiary/aromatic N) is 4. The Morgan fingerprint density at radius 2 is 1.88 bits per heavy atom. The number of ether oxygens (including phenoxy) is 1. The fraction of sp³-hybridized carbons (Fsp3) is 0.130. The number of thiophene rings is 1. The lowest BCUT2D eigenvalue weighted by Gasteiger charge is -2.10. The number of carbonyl (C=O) groups excluding carboxylic acids is 1. The van der Waals surface area contributed by atoms with Crippen LogP contribution in [0.5, 0.6) is 0 Å². The second-order valence-corrected chi connectivity index (χ2v) is 8.17. The first-order chi connectivity index (χ1) is 16.3. The molecule has 0 saturated heterocycles. The van der Waals surface area contributed by atoms with Crippen LogP contribution in [0.15, 0.2) is 53.9 Å². The third-order valence-electron chi connectivity index (χ3n) is 5.04. The van der Waals surface area contributed by atoms with Crippen LogP contribution in [0.2, 0.25) is 0 Å². The molecule has 0 spiro atoms. The summed E-state index contributed by atoms with van der Waals surface area (Å²) in [4.78, 5) is 21.4. The number of esters is 1. The fourth-order valence-corrected chi connectivity index (χ4v) is 4.26. The number of aromatic nitrogens is 4. The van der Waals surface area contributed by atoms with Crippen molar-refractivity contribution in [3.05, 3.63) is 71.0 Å². The number of fused-ring (bicyclic) bond motifs is 3. The van der Waals surface area contributed by atoms with E-state index in [2.05, 4.69) is 15.1 Å². The Kier molecular flexibility index (Phi) is 5.28. The molecule has 0 fully saturated rings. The molecule has 0 radical (unpaired) electrons. The Labute approximate surface area is 193 Å². The maximum absolute atomic E-state index is 13.7. The van der Waals surface area contributed by atoms with Crippen molar-refractivity contribution in [3.8, 4) is 21.8 Å². The summed E-state index contributed by atoms with van der Waals surface area (Å²) in [5.74, 6) is -1.58. The number of halogens is 4. The van der Waals surface area contributed by atoms with E-state index in [0.717, 1.165) is 10.9 Å². The molecule has 172 valence electrons. The average molecular weight is 486 g/mol. The minimum absolute atomic E-state index is 0.0988. The molecule has 1 aromatic carbocycles. The summed E-state index contributed by atoms with van der Waals surface area (Å²) in [7, 11) is 0. The molecule has 11 heteroatoms.